The number of carbonyl (C=O) groups excluding carboxylic acids is 4. The Morgan fingerprint density at radius 2 is 1.56 bits per heavy atom. The van der Waals surface area contributed by atoms with Crippen molar-refractivity contribution in [2.45, 2.75) is 6.42 Å². The van der Waals surface area contributed by atoms with E-state index in [1.807, 2.05) is 0 Å². The topological polar surface area (TPSA) is 105 Å². The van der Waals surface area contributed by atoms with Gasteiger partial charge in [-0.2, -0.15) is 0 Å². The fourth-order valence-corrected chi connectivity index (χ4v) is 2.13. The number of benzene rings is 1. The second kappa shape index (κ2) is 9.91. The highest BCUT2D eigenvalue weighted by molar-refractivity contribution is 6.19. The van der Waals surface area contributed by atoms with E-state index in [9.17, 15) is 19.2 Å². The van der Waals surface area contributed by atoms with Crippen LogP contribution < -0.4 is 4.74 Å². The van der Waals surface area contributed by atoms with Gasteiger partial charge in [-0.25, -0.2) is 9.59 Å². The summed E-state index contributed by atoms with van der Waals surface area (Å²) in [5.74, 6) is -4.62. The van der Waals surface area contributed by atoms with Crippen LogP contribution in [0.2, 0.25) is 0 Å². The summed E-state index contributed by atoms with van der Waals surface area (Å²) >= 11 is 0. The third-order valence-corrected chi connectivity index (χ3v) is 3.47. The molecule has 0 aliphatic rings. The van der Waals surface area contributed by atoms with Gasteiger partial charge in [0.25, 0.3) is 5.41 Å². The third-order valence-electron chi connectivity index (χ3n) is 3.47. The first kappa shape index (κ1) is 21.6. The van der Waals surface area contributed by atoms with E-state index in [1.165, 1.54) is 18.2 Å². The fraction of sp³-hybridized carbons (Fsp3) is 0.263. The first-order valence-corrected chi connectivity index (χ1v) is 7.73. The maximum absolute atomic E-state index is 12.8. The molecule has 1 aromatic rings. The molecule has 0 unspecified atom stereocenters. The SMILES string of the molecule is C=CCOC(=O)C(=C)CC(C(=O)OC)(C(=O)OC)C(=O)Oc1ccccc1. The molecule has 0 aliphatic carbocycles. The molecule has 8 heteroatoms. The Bertz CT molecular complexity index is 719. The number of hydrogen-bond donors (Lipinski definition) is 0. The molecule has 1 rings (SSSR count). The van der Waals surface area contributed by atoms with Crippen molar-refractivity contribution in [3.05, 3.63) is 55.1 Å². The van der Waals surface area contributed by atoms with Crippen LogP contribution >= 0.6 is 0 Å². The first-order valence-electron chi connectivity index (χ1n) is 7.73. The van der Waals surface area contributed by atoms with Crippen LogP contribution in [0.3, 0.4) is 0 Å². The van der Waals surface area contributed by atoms with Gasteiger partial charge in [-0.1, -0.05) is 37.4 Å². The zero-order valence-corrected chi connectivity index (χ0v) is 15.1. The van der Waals surface area contributed by atoms with Crippen LogP contribution in [-0.4, -0.2) is 44.7 Å². The molecule has 0 N–H and O–H groups in total. The molecule has 144 valence electrons. The summed E-state index contributed by atoms with van der Waals surface area (Å²) in [6.45, 7) is 6.76. The van der Waals surface area contributed by atoms with Crippen LogP contribution in [0.5, 0.6) is 5.75 Å². The van der Waals surface area contributed by atoms with Crippen molar-refractivity contribution in [1.82, 2.24) is 0 Å². The smallest absolute Gasteiger partial charge is 0.340 e. The first-order chi connectivity index (χ1) is 12.8. The fourth-order valence-electron chi connectivity index (χ4n) is 2.13. The number of ether oxygens (including phenoxy) is 4. The van der Waals surface area contributed by atoms with Gasteiger partial charge in [-0.3, -0.25) is 9.59 Å². The number of para-hydroxylation sites is 1. The lowest BCUT2D eigenvalue weighted by atomic mass is 9.81. The van der Waals surface area contributed by atoms with Crippen molar-refractivity contribution < 1.29 is 38.1 Å². The number of esters is 4. The zero-order valence-electron chi connectivity index (χ0n) is 15.1. The molecule has 27 heavy (non-hydrogen) atoms. The van der Waals surface area contributed by atoms with Crippen molar-refractivity contribution in [3.8, 4) is 5.75 Å². The Morgan fingerprint density at radius 1 is 1.00 bits per heavy atom. The normalized spacial score (nSPS) is 10.3. The molecule has 0 saturated carbocycles. The summed E-state index contributed by atoms with van der Waals surface area (Å²) in [7, 11) is 1.96. The van der Waals surface area contributed by atoms with Gasteiger partial charge in [-0.15, -0.1) is 0 Å². The highest BCUT2D eigenvalue weighted by Gasteiger charge is 2.58. The highest BCUT2D eigenvalue weighted by Crippen LogP contribution is 2.32. The molecule has 0 heterocycles. The van der Waals surface area contributed by atoms with E-state index in [0.717, 1.165) is 14.2 Å². The monoisotopic (exact) mass is 376 g/mol. The minimum absolute atomic E-state index is 0.0829. The number of hydrogen-bond acceptors (Lipinski definition) is 8. The molecule has 0 spiro atoms. The highest BCUT2D eigenvalue weighted by atomic mass is 16.6. The second-order valence-corrected chi connectivity index (χ2v) is 5.26. The molecule has 0 bridgehead atoms. The van der Waals surface area contributed by atoms with Crippen molar-refractivity contribution >= 4 is 23.9 Å². The van der Waals surface area contributed by atoms with Crippen LogP contribution in [-0.2, 0) is 33.4 Å². The van der Waals surface area contributed by atoms with Gasteiger partial charge in [0.2, 0.25) is 0 Å². The van der Waals surface area contributed by atoms with E-state index in [4.69, 9.17) is 9.47 Å². The molecule has 0 fully saturated rings. The second-order valence-electron chi connectivity index (χ2n) is 5.26. The Balaban J connectivity index is 3.28. The predicted octanol–water partition coefficient (Wildman–Crippen LogP) is 1.60. The van der Waals surface area contributed by atoms with Crippen molar-refractivity contribution in [3.63, 3.8) is 0 Å². The molecule has 0 radical (unpaired) electrons. The van der Waals surface area contributed by atoms with Crippen LogP contribution in [0, 0.1) is 5.41 Å². The molecule has 0 amide bonds. The number of carbonyl (C=O) groups is 4. The lowest BCUT2D eigenvalue weighted by Crippen LogP contribution is -2.50. The predicted molar refractivity (Wildman–Crippen MR) is 93.5 cm³/mol. The summed E-state index contributed by atoms with van der Waals surface area (Å²) in [5, 5.41) is 0. The van der Waals surface area contributed by atoms with Gasteiger partial charge in [0.15, 0.2) is 0 Å². The van der Waals surface area contributed by atoms with E-state index < -0.39 is 35.7 Å². The molecule has 0 aliphatic heterocycles. The quantitative estimate of drug-likeness (QED) is 0.160. The summed E-state index contributed by atoms with van der Waals surface area (Å²) in [6, 6.07) is 7.76. The van der Waals surface area contributed by atoms with E-state index in [2.05, 4.69) is 22.6 Å². The Hall–Kier alpha value is -3.42. The zero-order chi connectivity index (χ0) is 20.4. The standard InChI is InChI=1S/C19H20O8/c1-5-11-26-15(20)13(2)12-19(16(21)24-3,17(22)25-4)18(23)27-14-9-7-6-8-10-14/h5-10H,1-2,11-12H2,3-4H3. The largest absolute Gasteiger partial charge is 0.468 e. The van der Waals surface area contributed by atoms with Gasteiger partial charge in [0.05, 0.1) is 14.2 Å². The summed E-state index contributed by atoms with van der Waals surface area (Å²) < 4.78 is 19.2. The van der Waals surface area contributed by atoms with Gasteiger partial charge in [0.1, 0.15) is 12.4 Å². The molecule has 8 nitrogen and oxygen atoms in total. The van der Waals surface area contributed by atoms with Crippen LogP contribution in [0.1, 0.15) is 6.42 Å². The lowest BCUT2D eigenvalue weighted by molar-refractivity contribution is -0.177. The van der Waals surface area contributed by atoms with Gasteiger partial charge >= 0.3 is 23.9 Å². The minimum atomic E-state index is -2.58. The lowest BCUT2D eigenvalue weighted by Gasteiger charge is -2.26. The van der Waals surface area contributed by atoms with Crippen molar-refractivity contribution in [2.75, 3.05) is 20.8 Å². The third kappa shape index (κ3) is 5.04. The van der Waals surface area contributed by atoms with E-state index >= 15 is 0 Å². The van der Waals surface area contributed by atoms with Gasteiger partial charge in [-0.05, 0) is 12.1 Å². The van der Waals surface area contributed by atoms with Crippen molar-refractivity contribution in [1.29, 1.82) is 0 Å². The maximum atomic E-state index is 12.8. The van der Waals surface area contributed by atoms with Crippen molar-refractivity contribution in [2.24, 2.45) is 5.41 Å². The van der Waals surface area contributed by atoms with E-state index in [1.54, 1.807) is 18.2 Å². The van der Waals surface area contributed by atoms with Gasteiger partial charge in [0, 0.05) is 12.0 Å². The Morgan fingerprint density at radius 3 is 2.04 bits per heavy atom. The molecular formula is C19H20O8. The van der Waals surface area contributed by atoms with Crippen LogP contribution in [0.25, 0.3) is 0 Å². The average Bonchev–Trinajstić information content (AvgIpc) is 2.69. The average molecular weight is 376 g/mol. The van der Waals surface area contributed by atoms with E-state index in [-0.39, 0.29) is 17.9 Å². The minimum Gasteiger partial charge on any atom is -0.468 e. The molecule has 0 atom stereocenters. The van der Waals surface area contributed by atoms with Crippen LogP contribution in [0.15, 0.2) is 55.1 Å². The Labute approximate surface area is 156 Å². The molecule has 0 saturated heterocycles. The Kier molecular flexibility index (Phi) is 7.93. The molecular weight excluding hydrogens is 356 g/mol. The number of rotatable bonds is 9. The summed E-state index contributed by atoms with van der Waals surface area (Å²) in [5.41, 5.74) is -2.90. The number of methoxy groups -OCH3 is 2. The van der Waals surface area contributed by atoms with Crippen LogP contribution in [0.4, 0.5) is 0 Å². The molecule has 1 aromatic carbocycles. The summed E-state index contributed by atoms with van der Waals surface area (Å²) in [4.78, 5) is 49.5. The summed E-state index contributed by atoms with van der Waals surface area (Å²) in [6.07, 6.45) is 0.580. The van der Waals surface area contributed by atoms with Gasteiger partial charge < -0.3 is 18.9 Å². The molecule has 0 aromatic heterocycles. The maximum Gasteiger partial charge on any atom is 0.340 e. The van der Waals surface area contributed by atoms with E-state index in [0.29, 0.717) is 0 Å².